The Morgan fingerprint density at radius 2 is 1.53 bits per heavy atom. The van der Waals surface area contributed by atoms with Gasteiger partial charge >= 0.3 is 0 Å². The molecule has 190 valence electrons. The molecule has 1 atom stereocenters. The number of amides is 1. The van der Waals surface area contributed by atoms with Gasteiger partial charge in [0.15, 0.2) is 0 Å². The molecule has 3 aromatic carbocycles. The molecule has 1 fully saturated rings. The molecule has 8 nitrogen and oxygen atoms in total. The summed E-state index contributed by atoms with van der Waals surface area (Å²) in [7, 11) is -0.699. The average Bonchev–Trinajstić information content (AvgIpc) is 3.44. The minimum absolute atomic E-state index is 0.0113. The molecule has 0 aromatic heterocycles. The van der Waals surface area contributed by atoms with Gasteiger partial charge in [0.2, 0.25) is 0 Å². The van der Waals surface area contributed by atoms with E-state index < -0.39 is 10.0 Å². The maximum atomic E-state index is 13.0. The number of nitrogens with zero attached hydrogens (tertiary/aromatic N) is 1. The topological polar surface area (TPSA) is 97.0 Å². The first-order valence-electron chi connectivity index (χ1n) is 11.8. The fourth-order valence-corrected chi connectivity index (χ4v) is 5.41. The summed E-state index contributed by atoms with van der Waals surface area (Å²) in [6, 6.07) is 20.5. The largest absolute Gasteiger partial charge is 0.497 e. The van der Waals surface area contributed by atoms with Gasteiger partial charge in [0.05, 0.1) is 25.2 Å². The molecule has 0 aliphatic carbocycles. The summed E-state index contributed by atoms with van der Waals surface area (Å²) < 4.78 is 38.8. The second-order valence-electron chi connectivity index (χ2n) is 8.60. The predicted molar refractivity (Wildman–Crippen MR) is 139 cm³/mol. The first-order valence-corrected chi connectivity index (χ1v) is 13.3. The number of methoxy groups -OCH3 is 2. The van der Waals surface area contributed by atoms with Crippen LogP contribution in [-0.2, 0) is 10.0 Å². The van der Waals surface area contributed by atoms with Gasteiger partial charge in [0.1, 0.15) is 11.5 Å². The lowest BCUT2D eigenvalue weighted by atomic mass is 10.0. The molecule has 1 aliphatic heterocycles. The smallest absolute Gasteiger partial charge is 0.261 e. The van der Waals surface area contributed by atoms with Crippen LogP contribution in [0.5, 0.6) is 11.5 Å². The molecule has 0 spiro atoms. The SMILES string of the molecule is COc1ccc(NS(=O)(=O)c2cccc(C(=O)NC[C@H](c3ccc(OC)cc3)N3CCCC3)c2)cc1. The molecule has 0 saturated carbocycles. The molecule has 9 heteroatoms. The van der Waals surface area contributed by atoms with Crippen molar-refractivity contribution in [2.45, 2.75) is 23.8 Å². The van der Waals surface area contributed by atoms with E-state index >= 15 is 0 Å². The van der Waals surface area contributed by atoms with Crippen LogP contribution in [-0.4, -0.2) is 53.1 Å². The molecule has 36 heavy (non-hydrogen) atoms. The van der Waals surface area contributed by atoms with E-state index in [1.807, 2.05) is 24.3 Å². The van der Waals surface area contributed by atoms with E-state index in [0.717, 1.165) is 37.2 Å². The van der Waals surface area contributed by atoms with Crippen molar-refractivity contribution in [3.8, 4) is 11.5 Å². The van der Waals surface area contributed by atoms with Crippen molar-refractivity contribution in [2.75, 3.05) is 38.6 Å². The van der Waals surface area contributed by atoms with Crippen molar-refractivity contribution in [3.63, 3.8) is 0 Å². The van der Waals surface area contributed by atoms with Crippen molar-refractivity contribution < 1.29 is 22.7 Å². The molecular formula is C27H31N3O5S. The Labute approximate surface area is 212 Å². The molecule has 2 N–H and O–H groups in total. The van der Waals surface area contributed by atoms with E-state index in [2.05, 4.69) is 14.9 Å². The number of hydrogen-bond acceptors (Lipinski definition) is 6. The maximum Gasteiger partial charge on any atom is 0.261 e. The van der Waals surface area contributed by atoms with E-state index in [0.29, 0.717) is 18.0 Å². The molecule has 1 saturated heterocycles. The Morgan fingerprint density at radius 1 is 0.917 bits per heavy atom. The van der Waals surface area contributed by atoms with E-state index in [-0.39, 0.29) is 22.4 Å². The van der Waals surface area contributed by atoms with Gasteiger partial charge in [-0.05, 0) is 86.1 Å². The van der Waals surface area contributed by atoms with Crippen LogP contribution in [0.1, 0.15) is 34.8 Å². The highest BCUT2D eigenvalue weighted by Gasteiger charge is 2.24. The second kappa shape index (κ2) is 11.5. The number of benzene rings is 3. The minimum Gasteiger partial charge on any atom is -0.497 e. The second-order valence-corrected chi connectivity index (χ2v) is 10.3. The van der Waals surface area contributed by atoms with Crippen LogP contribution >= 0.6 is 0 Å². The van der Waals surface area contributed by atoms with Gasteiger partial charge in [-0.2, -0.15) is 0 Å². The fourth-order valence-electron chi connectivity index (χ4n) is 4.31. The van der Waals surface area contributed by atoms with Crippen LogP contribution in [0.25, 0.3) is 0 Å². The van der Waals surface area contributed by atoms with Crippen LogP contribution in [0, 0.1) is 0 Å². The van der Waals surface area contributed by atoms with E-state index in [1.54, 1.807) is 50.6 Å². The van der Waals surface area contributed by atoms with Gasteiger partial charge in [-0.15, -0.1) is 0 Å². The van der Waals surface area contributed by atoms with Gasteiger partial charge in [-0.25, -0.2) is 8.42 Å². The zero-order chi connectivity index (χ0) is 25.5. The number of hydrogen-bond donors (Lipinski definition) is 2. The monoisotopic (exact) mass is 509 g/mol. The van der Waals surface area contributed by atoms with Crippen molar-refractivity contribution in [2.24, 2.45) is 0 Å². The highest BCUT2D eigenvalue weighted by Crippen LogP contribution is 2.26. The Kier molecular flexibility index (Phi) is 8.12. The lowest BCUT2D eigenvalue weighted by molar-refractivity contribution is 0.0937. The fraction of sp³-hybridized carbons (Fsp3) is 0.296. The highest BCUT2D eigenvalue weighted by atomic mass is 32.2. The summed E-state index contributed by atoms with van der Waals surface area (Å²) in [6.07, 6.45) is 2.25. The first kappa shape index (κ1) is 25.5. The van der Waals surface area contributed by atoms with Gasteiger partial charge in [-0.1, -0.05) is 18.2 Å². The Balaban J connectivity index is 1.46. The van der Waals surface area contributed by atoms with Crippen LogP contribution in [0.2, 0.25) is 0 Å². The zero-order valence-electron chi connectivity index (χ0n) is 20.4. The van der Waals surface area contributed by atoms with E-state index in [4.69, 9.17) is 9.47 Å². The number of sulfonamides is 1. The summed E-state index contributed by atoms with van der Waals surface area (Å²) in [4.78, 5) is 15.4. The lowest BCUT2D eigenvalue weighted by Crippen LogP contribution is -2.36. The molecule has 1 heterocycles. The molecular weight excluding hydrogens is 478 g/mol. The average molecular weight is 510 g/mol. The van der Waals surface area contributed by atoms with Crippen molar-refractivity contribution in [1.29, 1.82) is 0 Å². The highest BCUT2D eigenvalue weighted by molar-refractivity contribution is 7.92. The number of rotatable bonds is 10. The van der Waals surface area contributed by atoms with Crippen molar-refractivity contribution >= 4 is 21.6 Å². The number of ether oxygens (including phenoxy) is 2. The minimum atomic E-state index is -3.87. The number of anilines is 1. The normalized spacial score (nSPS) is 14.7. The zero-order valence-corrected chi connectivity index (χ0v) is 21.3. The molecule has 0 bridgehead atoms. The third-order valence-electron chi connectivity index (χ3n) is 6.29. The van der Waals surface area contributed by atoms with Crippen LogP contribution in [0.3, 0.4) is 0 Å². The molecule has 0 radical (unpaired) electrons. The molecule has 4 rings (SSSR count). The number of carbonyl (C=O) groups is 1. The summed E-state index contributed by atoms with van der Waals surface area (Å²) >= 11 is 0. The first-order chi connectivity index (χ1) is 17.4. The summed E-state index contributed by atoms with van der Waals surface area (Å²) in [6.45, 7) is 2.35. The summed E-state index contributed by atoms with van der Waals surface area (Å²) in [5.74, 6) is 1.08. The Hall–Kier alpha value is -3.56. The molecule has 1 amide bonds. The summed E-state index contributed by atoms with van der Waals surface area (Å²) in [5.41, 5.74) is 1.78. The number of nitrogens with one attached hydrogen (secondary N) is 2. The van der Waals surface area contributed by atoms with Crippen molar-refractivity contribution in [1.82, 2.24) is 10.2 Å². The third kappa shape index (κ3) is 6.16. The van der Waals surface area contributed by atoms with Gasteiger partial charge in [-0.3, -0.25) is 14.4 Å². The molecule has 0 unspecified atom stereocenters. The summed E-state index contributed by atoms with van der Waals surface area (Å²) in [5, 5.41) is 3.00. The Morgan fingerprint density at radius 3 is 2.14 bits per heavy atom. The van der Waals surface area contributed by atoms with Gasteiger partial charge in [0, 0.05) is 17.8 Å². The molecule has 3 aromatic rings. The predicted octanol–water partition coefficient (Wildman–Crippen LogP) is 4.07. The van der Waals surface area contributed by atoms with Gasteiger partial charge < -0.3 is 14.8 Å². The van der Waals surface area contributed by atoms with Crippen LogP contribution < -0.4 is 19.5 Å². The van der Waals surface area contributed by atoms with Crippen LogP contribution in [0.4, 0.5) is 5.69 Å². The standard InChI is InChI=1S/C27H31N3O5S/c1-34-23-12-8-20(9-13-23)26(30-16-3-4-17-30)19-28-27(31)21-6-5-7-25(18-21)36(32,33)29-22-10-14-24(35-2)15-11-22/h5-15,18,26,29H,3-4,16-17,19H2,1-2H3,(H,28,31)/t26-/m1/s1. The van der Waals surface area contributed by atoms with Gasteiger partial charge in [0.25, 0.3) is 15.9 Å². The molecule has 1 aliphatic rings. The maximum absolute atomic E-state index is 13.0. The van der Waals surface area contributed by atoms with E-state index in [9.17, 15) is 13.2 Å². The number of carbonyl (C=O) groups excluding carboxylic acids is 1. The quantitative estimate of drug-likeness (QED) is 0.428. The number of likely N-dealkylation sites (tertiary alicyclic amines) is 1. The third-order valence-corrected chi connectivity index (χ3v) is 7.67. The lowest BCUT2D eigenvalue weighted by Gasteiger charge is -2.28. The Bertz CT molecular complexity index is 1270. The van der Waals surface area contributed by atoms with Crippen molar-refractivity contribution in [3.05, 3.63) is 83.9 Å². The van der Waals surface area contributed by atoms with Crippen LogP contribution in [0.15, 0.2) is 77.7 Å². The van der Waals surface area contributed by atoms with E-state index in [1.165, 1.54) is 12.1 Å².